The highest BCUT2D eigenvalue weighted by Gasteiger charge is 2.49. The molecule has 4 N–H and O–H groups in total. The van der Waals surface area contributed by atoms with Gasteiger partial charge in [0.15, 0.2) is 12.3 Å². The minimum Gasteiger partial charge on any atom is -0.481 e. The molecule has 0 aliphatic carbocycles. The van der Waals surface area contributed by atoms with E-state index in [-0.39, 0.29) is 30.6 Å². The Balaban J connectivity index is 1.54. The summed E-state index contributed by atoms with van der Waals surface area (Å²) in [5, 5.41) is 12.5. The molecule has 15 nitrogen and oxygen atoms in total. The van der Waals surface area contributed by atoms with Crippen LogP contribution in [0, 0.1) is 0 Å². The zero-order valence-electron chi connectivity index (χ0n) is 37.2. The Hall–Kier alpha value is -4.53. The highest BCUT2D eigenvalue weighted by atomic mass is 32.2. The van der Waals surface area contributed by atoms with Gasteiger partial charge in [0.25, 0.3) is 30.4 Å². The predicted molar refractivity (Wildman–Crippen MR) is 252 cm³/mol. The second-order valence-electron chi connectivity index (χ2n) is 17.3. The third-order valence-electron chi connectivity index (χ3n) is 12.8. The van der Waals surface area contributed by atoms with Gasteiger partial charge in [0.1, 0.15) is 6.61 Å². The zero-order valence-corrected chi connectivity index (χ0v) is 39.6. The third-order valence-corrected chi connectivity index (χ3v) is 15.2. The van der Waals surface area contributed by atoms with Gasteiger partial charge >= 0.3 is 5.97 Å². The lowest BCUT2D eigenvalue weighted by atomic mass is 9.74. The van der Waals surface area contributed by atoms with E-state index >= 15 is 0 Å². The van der Waals surface area contributed by atoms with E-state index in [4.69, 9.17) is 9.47 Å². The number of hydrogen-bond acceptors (Lipinski definition) is 10. The van der Waals surface area contributed by atoms with E-state index in [1.165, 1.54) is 12.1 Å². The molecular formula is C47H59N2O13S3+. The summed E-state index contributed by atoms with van der Waals surface area (Å²) in [7, 11) is -9.88. The Morgan fingerprint density at radius 3 is 2.02 bits per heavy atom. The largest absolute Gasteiger partial charge is 0.481 e. The lowest BCUT2D eigenvalue weighted by Crippen LogP contribution is -2.33. The molecule has 4 aromatic rings. The number of nitrogens with zero attached hydrogens (tertiary/aromatic N) is 2. The monoisotopic (exact) mass is 955 g/mol. The summed E-state index contributed by atoms with van der Waals surface area (Å²) in [4.78, 5) is 13.3. The highest BCUT2D eigenvalue weighted by molar-refractivity contribution is 7.86. The fourth-order valence-corrected chi connectivity index (χ4v) is 11.3. The molecule has 2 unspecified atom stereocenters. The Kier molecular flexibility index (Phi) is 15.5. The molecule has 0 aromatic heterocycles. The summed E-state index contributed by atoms with van der Waals surface area (Å²) in [5.41, 5.74) is 4.59. The maximum Gasteiger partial charge on any atom is 0.303 e. The standard InChI is InChI=1S/C47H58N2O13S3/c1-46(23-9-29-63(52,53)54)41(48(25-7-5-6-13-43(50)51)39-20-15-34-31-33(22-27-61-3)14-18-37(34)44(39)46)11-8-12-42-47(2,24-10-30-64(55,56)57)45-38-19-17-36(65(58,59)60)32-35(38)16-21-40(45)49(42)26-28-62-4/h8,11-12,14-21,31-32H,5-7,9-10,13,22-30H2,1-4H3,(H3-,50,51,52,53,54,55,56,57,58,59,60)/p+1. The second kappa shape index (κ2) is 20.1. The number of ether oxygens (including phenoxy) is 2. The van der Waals surface area contributed by atoms with Crippen LogP contribution < -0.4 is 4.90 Å². The van der Waals surface area contributed by atoms with Crippen molar-refractivity contribution in [2.75, 3.05) is 56.9 Å². The van der Waals surface area contributed by atoms with E-state index in [2.05, 4.69) is 46.7 Å². The highest BCUT2D eigenvalue weighted by Crippen LogP contribution is 2.54. The van der Waals surface area contributed by atoms with Gasteiger partial charge in [-0.1, -0.05) is 42.8 Å². The number of methoxy groups -OCH3 is 2. The van der Waals surface area contributed by atoms with Crippen molar-refractivity contribution in [1.82, 2.24) is 0 Å². The van der Waals surface area contributed by atoms with Gasteiger partial charge in [-0.15, -0.1) is 0 Å². The number of anilines is 1. The maximum atomic E-state index is 12.2. The molecule has 2 aliphatic heterocycles. The van der Waals surface area contributed by atoms with Crippen LogP contribution in [0.5, 0.6) is 0 Å². The number of carboxylic acids is 1. The number of allylic oxidation sites excluding steroid dienone is 4. The van der Waals surface area contributed by atoms with Gasteiger partial charge in [0, 0.05) is 61.7 Å². The molecule has 0 bridgehead atoms. The summed E-state index contributed by atoms with van der Waals surface area (Å²) in [6, 6.07) is 18.4. The SMILES string of the molecule is COCCc1ccc2c3c(ccc2c1)N(CCCCCC(=O)O)/C(=C/C=C/C1=[N+](CCOC)c2ccc4cc(S(=O)(=O)O)ccc4c2C1(C)CCCS(=O)(=O)O)C3(C)CCCS(=O)(=O)O. The summed E-state index contributed by atoms with van der Waals surface area (Å²) in [6.45, 7) is 5.85. The van der Waals surface area contributed by atoms with Crippen molar-refractivity contribution in [3.8, 4) is 0 Å². The van der Waals surface area contributed by atoms with Crippen molar-refractivity contribution in [1.29, 1.82) is 0 Å². The summed E-state index contributed by atoms with van der Waals surface area (Å²) in [6.07, 6.45) is 9.32. The van der Waals surface area contributed by atoms with Gasteiger partial charge in [-0.05, 0) is 122 Å². The quantitative estimate of drug-likeness (QED) is 0.0319. The number of fused-ring (bicyclic) bond motifs is 6. The van der Waals surface area contributed by atoms with Gasteiger partial charge < -0.3 is 19.5 Å². The molecule has 0 spiro atoms. The molecule has 0 saturated heterocycles. The lowest BCUT2D eigenvalue weighted by Gasteiger charge is -2.31. The molecule has 0 amide bonds. The first-order valence-electron chi connectivity index (χ1n) is 21.6. The Labute approximate surface area is 381 Å². The Bertz CT molecular complexity index is 2890. The van der Waals surface area contributed by atoms with Crippen LogP contribution in [0.15, 0.2) is 89.5 Å². The van der Waals surface area contributed by atoms with Crippen molar-refractivity contribution in [3.05, 3.63) is 101 Å². The summed E-state index contributed by atoms with van der Waals surface area (Å²) < 4.78 is 115. The van der Waals surface area contributed by atoms with Crippen LogP contribution in [0.4, 0.5) is 11.4 Å². The van der Waals surface area contributed by atoms with Crippen LogP contribution in [-0.2, 0) is 61.9 Å². The Morgan fingerprint density at radius 2 is 1.37 bits per heavy atom. The van der Waals surface area contributed by atoms with Crippen LogP contribution in [-0.4, -0.2) is 112 Å². The van der Waals surface area contributed by atoms with Crippen LogP contribution in [0.25, 0.3) is 21.5 Å². The number of carboxylic acid groups (broad SMARTS) is 1. The number of unbranched alkanes of at least 4 members (excludes halogenated alkanes) is 2. The third kappa shape index (κ3) is 11.4. The lowest BCUT2D eigenvalue weighted by molar-refractivity contribution is -0.441. The molecule has 2 aliphatic rings. The molecule has 65 heavy (non-hydrogen) atoms. The van der Waals surface area contributed by atoms with Crippen molar-refractivity contribution in [3.63, 3.8) is 0 Å². The minimum atomic E-state index is -4.52. The fourth-order valence-electron chi connectivity index (χ4n) is 9.81. The molecule has 2 heterocycles. The van der Waals surface area contributed by atoms with Crippen molar-refractivity contribution in [2.24, 2.45) is 0 Å². The van der Waals surface area contributed by atoms with Gasteiger partial charge in [-0.3, -0.25) is 18.5 Å². The number of hydrogen-bond donors (Lipinski definition) is 4. The molecular weight excluding hydrogens is 897 g/mol. The van der Waals surface area contributed by atoms with Crippen molar-refractivity contribution in [2.45, 2.75) is 87.4 Å². The normalized spacial score (nSPS) is 19.6. The smallest absolute Gasteiger partial charge is 0.303 e. The first-order valence-corrected chi connectivity index (χ1v) is 26.3. The van der Waals surface area contributed by atoms with Crippen LogP contribution in [0.3, 0.4) is 0 Å². The van der Waals surface area contributed by atoms with Crippen LogP contribution in [0.1, 0.15) is 81.9 Å². The minimum absolute atomic E-state index is 0.0476. The zero-order chi connectivity index (χ0) is 47.4. The summed E-state index contributed by atoms with van der Waals surface area (Å²) >= 11 is 0. The first kappa shape index (κ1) is 49.9. The van der Waals surface area contributed by atoms with E-state index in [0.29, 0.717) is 69.2 Å². The van der Waals surface area contributed by atoms with Crippen LogP contribution in [0.2, 0.25) is 0 Å². The number of carbonyl (C=O) groups is 1. The molecule has 2 atom stereocenters. The van der Waals surface area contributed by atoms with E-state index in [9.17, 15) is 48.8 Å². The van der Waals surface area contributed by atoms with E-state index in [0.717, 1.165) is 50.2 Å². The molecule has 4 aromatic carbocycles. The van der Waals surface area contributed by atoms with Gasteiger partial charge in [-0.25, -0.2) is 0 Å². The predicted octanol–water partition coefficient (Wildman–Crippen LogP) is 7.63. The maximum absolute atomic E-state index is 12.2. The number of benzene rings is 4. The molecule has 352 valence electrons. The molecule has 0 saturated carbocycles. The average Bonchev–Trinajstić information content (AvgIpc) is 3.60. The van der Waals surface area contributed by atoms with E-state index < -0.39 is 58.7 Å². The second-order valence-corrected chi connectivity index (χ2v) is 21.9. The molecule has 0 radical (unpaired) electrons. The van der Waals surface area contributed by atoms with Crippen molar-refractivity contribution < 1.29 is 62.9 Å². The van der Waals surface area contributed by atoms with Gasteiger partial charge in [-0.2, -0.15) is 29.8 Å². The van der Waals surface area contributed by atoms with E-state index in [1.807, 2.05) is 31.2 Å². The average molecular weight is 956 g/mol. The Morgan fingerprint density at radius 1 is 0.738 bits per heavy atom. The van der Waals surface area contributed by atoms with Gasteiger partial charge in [0.2, 0.25) is 5.69 Å². The summed E-state index contributed by atoms with van der Waals surface area (Å²) in [5.74, 6) is -1.79. The molecule has 0 fully saturated rings. The topological polar surface area (TPSA) is 225 Å². The molecule has 6 rings (SSSR count). The molecule has 18 heteroatoms. The van der Waals surface area contributed by atoms with Crippen molar-refractivity contribution >= 4 is 75.0 Å². The van der Waals surface area contributed by atoms with Gasteiger partial charge in [0.05, 0.1) is 28.4 Å². The van der Waals surface area contributed by atoms with E-state index in [1.54, 1.807) is 26.4 Å². The first-order chi connectivity index (χ1) is 30.6. The fraction of sp³-hybridized carbons (Fsp3) is 0.447. The van der Waals surface area contributed by atoms with Crippen LogP contribution >= 0.6 is 0 Å². The number of rotatable bonds is 23. The number of aliphatic carboxylic acids is 1.